The molecule has 0 radical (unpaired) electrons. The molecule has 1 heterocycles. The van der Waals surface area contributed by atoms with Crippen molar-refractivity contribution < 1.29 is 9.57 Å². The van der Waals surface area contributed by atoms with Crippen LogP contribution in [-0.2, 0) is 0 Å². The normalized spacial score (nSPS) is 10.2. The molecular weight excluding hydrogens is 186 g/mol. The zero-order chi connectivity index (χ0) is 10.7. The minimum atomic E-state index is 0.545. The van der Waals surface area contributed by atoms with Gasteiger partial charge in [-0.25, -0.2) is 0 Å². The first-order valence-corrected chi connectivity index (χ1v) is 4.93. The van der Waals surface area contributed by atoms with E-state index in [2.05, 4.69) is 18.7 Å². The standard InChI is InChI=1S/C13H14NO/c1-11(2)10-15-14-8-7-12-5-3-4-6-13(12)9-14/h3-9H,1,10H2,2H3/q+1. The van der Waals surface area contributed by atoms with Crippen molar-refractivity contribution in [1.82, 2.24) is 0 Å². The maximum atomic E-state index is 5.49. The Hall–Kier alpha value is -1.83. The van der Waals surface area contributed by atoms with E-state index in [1.54, 1.807) is 4.73 Å². The molecule has 2 aromatic rings. The van der Waals surface area contributed by atoms with Crippen molar-refractivity contribution in [3.8, 4) is 0 Å². The summed E-state index contributed by atoms with van der Waals surface area (Å²) in [5.74, 6) is 0. The summed E-state index contributed by atoms with van der Waals surface area (Å²) in [7, 11) is 0. The quantitative estimate of drug-likeness (QED) is 0.546. The minimum absolute atomic E-state index is 0.545. The lowest BCUT2D eigenvalue weighted by Crippen LogP contribution is -2.42. The first-order valence-electron chi connectivity index (χ1n) is 4.93. The molecule has 2 nitrogen and oxygen atoms in total. The Kier molecular flexibility index (Phi) is 2.68. The fourth-order valence-electron chi connectivity index (χ4n) is 1.38. The second kappa shape index (κ2) is 4.13. The molecule has 0 spiro atoms. The molecule has 0 saturated carbocycles. The molecule has 2 rings (SSSR count). The van der Waals surface area contributed by atoms with Crippen molar-refractivity contribution in [3.63, 3.8) is 0 Å². The molecule has 0 N–H and O–H groups in total. The van der Waals surface area contributed by atoms with Crippen molar-refractivity contribution in [2.24, 2.45) is 0 Å². The van der Waals surface area contributed by atoms with Gasteiger partial charge >= 0.3 is 0 Å². The van der Waals surface area contributed by atoms with Gasteiger partial charge in [-0.3, -0.25) is 4.84 Å². The molecule has 2 heteroatoms. The third-order valence-electron chi connectivity index (χ3n) is 2.12. The Balaban J connectivity index is 2.26. The van der Waals surface area contributed by atoms with Crippen molar-refractivity contribution >= 4 is 10.8 Å². The van der Waals surface area contributed by atoms with Crippen LogP contribution in [0.15, 0.2) is 54.9 Å². The Labute approximate surface area is 89.4 Å². The van der Waals surface area contributed by atoms with E-state index in [0.29, 0.717) is 6.61 Å². The van der Waals surface area contributed by atoms with E-state index in [1.807, 2.05) is 37.5 Å². The van der Waals surface area contributed by atoms with Gasteiger partial charge in [0, 0.05) is 10.8 Å². The van der Waals surface area contributed by atoms with Crippen LogP contribution in [0.2, 0.25) is 0 Å². The van der Waals surface area contributed by atoms with Crippen LogP contribution in [0.5, 0.6) is 0 Å². The molecule has 0 bridgehead atoms. The maximum absolute atomic E-state index is 5.49. The third kappa shape index (κ3) is 2.34. The summed E-state index contributed by atoms with van der Waals surface area (Å²) in [6.07, 6.45) is 3.88. The zero-order valence-corrected chi connectivity index (χ0v) is 8.81. The Bertz CT molecular complexity index is 491. The van der Waals surface area contributed by atoms with Gasteiger partial charge in [0.25, 0.3) is 0 Å². The lowest BCUT2D eigenvalue weighted by atomic mass is 10.2. The number of hydrogen-bond acceptors (Lipinski definition) is 1. The third-order valence-corrected chi connectivity index (χ3v) is 2.12. The topological polar surface area (TPSA) is 13.1 Å². The van der Waals surface area contributed by atoms with Gasteiger partial charge in [-0.15, -0.1) is 0 Å². The summed E-state index contributed by atoms with van der Waals surface area (Å²) < 4.78 is 1.72. The van der Waals surface area contributed by atoms with Gasteiger partial charge in [0.05, 0.1) is 5.39 Å². The summed E-state index contributed by atoms with van der Waals surface area (Å²) >= 11 is 0. The highest BCUT2D eigenvalue weighted by Gasteiger charge is 2.03. The largest absolute Gasteiger partial charge is 0.267 e. The van der Waals surface area contributed by atoms with Crippen LogP contribution in [-0.4, -0.2) is 6.61 Å². The van der Waals surface area contributed by atoms with Crippen molar-refractivity contribution in [2.75, 3.05) is 6.61 Å². The number of pyridine rings is 1. The van der Waals surface area contributed by atoms with Gasteiger partial charge in [-0.1, -0.05) is 24.8 Å². The molecule has 1 aromatic heterocycles. The molecule has 0 saturated heterocycles. The molecule has 76 valence electrons. The highest BCUT2D eigenvalue weighted by molar-refractivity contribution is 5.80. The van der Waals surface area contributed by atoms with Gasteiger partial charge < -0.3 is 0 Å². The first-order chi connectivity index (χ1) is 7.25. The molecule has 1 aromatic carbocycles. The van der Waals surface area contributed by atoms with E-state index in [0.717, 1.165) is 5.57 Å². The SMILES string of the molecule is C=C(C)CO[n+]1ccc2ccccc2c1. The van der Waals surface area contributed by atoms with Crippen LogP contribution in [0.25, 0.3) is 10.8 Å². The molecule has 0 aliphatic heterocycles. The lowest BCUT2D eigenvalue weighted by Gasteiger charge is -1.98. The van der Waals surface area contributed by atoms with E-state index in [4.69, 9.17) is 4.84 Å². The zero-order valence-electron chi connectivity index (χ0n) is 8.81. The molecule has 0 amide bonds. The Morgan fingerprint density at radius 2 is 2.00 bits per heavy atom. The fourth-order valence-corrected chi connectivity index (χ4v) is 1.38. The smallest absolute Gasteiger partial charge is 0.230 e. The number of nitrogens with zero attached hydrogens (tertiary/aromatic N) is 1. The fraction of sp³-hybridized carbons (Fsp3) is 0.154. The number of aromatic nitrogens is 1. The second-order valence-electron chi connectivity index (χ2n) is 3.66. The molecule has 0 fully saturated rings. The molecule has 0 unspecified atom stereocenters. The van der Waals surface area contributed by atoms with Gasteiger partial charge in [0.2, 0.25) is 12.4 Å². The average molecular weight is 200 g/mol. The van der Waals surface area contributed by atoms with Gasteiger partial charge in [-0.05, 0) is 23.9 Å². The number of fused-ring (bicyclic) bond motifs is 1. The van der Waals surface area contributed by atoms with E-state index >= 15 is 0 Å². The molecule has 0 atom stereocenters. The maximum Gasteiger partial charge on any atom is 0.230 e. The van der Waals surface area contributed by atoms with E-state index in [-0.39, 0.29) is 0 Å². The summed E-state index contributed by atoms with van der Waals surface area (Å²) in [5, 5.41) is 2.38. The van der Waals surface area contributed by atoms with Crippen LogP contribution in [0.1, 0.15) is 6.92 Å². The van der Waals surface area contributed by atoms with Crippen molar-refractivity contribution in [3.05, 3.63) is 54.9 Å². The van der Waals surface area contributed by atoms with Crippen molar-refractivity contribution in [1.29, 1.82) is 0 Å². The Morgan fingerprint density at radius 1 is 1.27 bits per heavy atom. The molecular formula is C13H14NO+. The van der Waals surface area contributed by atoms with Crippen LogP contribution in [0, 0.1) is 0 Å². The second-order valence-corrected chi connectivity index (χ2v) is 3.66. The van der Waals surface area contributed by atoms with Crippen LogP contribution >= 0.6 is 0 Å². The average Bonchev–Trinajstić information content (AvgIpc) is 2.26. The van der Waals surface area contributed by atoms with Gasteiger partial charge in [0.1, 0.15) is 0 Å². The first kappa shape index (κ1) is 9.71. The predicted octanol–water partition coefficient (Wildman–Crippen LogP) is 2.13. The van der Waals surface area contributed by atoms with Crippen molar-refractivity contribution in [2.45, 2.75) is 6.92 Å². The van der Waals surface area contributed by atoms with Gasteiger partial charge in [0.15, 0.2) is 6.61 Å². The molecule has 15 heavy (non-hydrogen) atoms. The molecule has 0 aliphatic carbocycles. The van der Waals surface area contributed by atoms with Gasteiger partial charge in [-0.2, -0.15) is 0 Å². The van der Waals surface area contributed by atoms with E-state index in [1.165, 1.54) is 10.8 Å². The predicted molar refractivity (Wildman–Crippen MR) is 60.4 cm³/mol. The number of hydrogen-bond donors (Lipinski definition) is 0. The number of benzene rings is 1. The molecule has 0 aliphatic rings. The summed E-state index contributed by atoms with van der Waals surface area (Å²) in [6, 6.07) is 10.2. The minimum Gasteiger partial charge on any atom is -0.267 e. The highest BCUT2D eigenvalue weighted by Crippen LogP contribution is 2.09. The van der Waals surface area contributed by atoms with Crippen LogP contribution in [0.3, 0.4) is 0 Å². The summed E-state index contributed by atoms with van der Waals surface area (Å²) in [5.41, 5.74) is 1.01. The highest BCUT2D eigenvalue weighted by atomic mass is 16.7. The number of rotatable bonds is 3. The van der Waals surface area contributed by atoms with E-state index < -0.39 is 0 Å². The van der Waals surface area contributed by atoms with E-state index in [9.17, 15) is 0 Å². The summed E-state index contributed by atoms with van der Waals surface area (Å²) in [4.78, 5) is 5.49. The summed E-state index contributed by atoms with van der Waals surface area (Å²) in [6.45, 7) is 6.28. The monoisotopic (exact) mass is 200 g/mol. The Morgan fingerprint density at radius 3 is 2.73 bits per heavy atom. The van der Waals surface area contributed by atoms with Crippen LogP contribution in [0.4, 0.5) is 0 Å². The van der Waals surface area contributed by atoms with Crippen LogP contribution < -0.4 is 9.57 Å². The lowest BCUT2D eigenvalue weighted by molar-refractivity contribution is -0.889.